The Balaban J connectivity index is 1.88. The van der Waals surface area contributed by atoms with E-state index in [1.165, 1.54) is 0 Å². The summed E-state index contributed by atoms with van der Waals surface area (Å²) in [4.78, 5) is 15.7. The van der Waals surface area contributed by atoms with Crippen LogP contribution in [0.5, 0.6) is 0 Å². The van der Waals surface area contributed by atoms with Crippen molar-refractivity contribution in [1.82, 2.24) is 10.3 Å². The van der Waals surface area contributed by atoms with E-state index < -0.39 is 0 Å². The normalized spacial score (nSPS) is 9.83. The van der Waals surface area contributed by atoms with Gasteiger partial charge in [0.05, 0.1) is 4.47 Å². The van der Waals surface area contributed by atoms with E-state index >= 15 is 0 Å². The molecular formula is C13H12BrN3O. The molecule has 2 amide bonds. The molecule has 0 spiro atoms. The monoisotopic (exact) mass is 305 g/mol. The lowest BCUT2D eigenvalue weighted by Gasteiger charge is -2.08. The Morgan fingerprint density at radius 3 is 2.67 bits per heavy atom. The van der Waals surface area contributed by atoms with E-state index in [1.54, 1.807) is 12.3 Å². The van der Waals surface area contributed by atoms with Gasteiger partial charge in [-0.05, 0) is 33.6 Å². The zero-order chi connectivity index (χ0) is 12.8. The third-order valence-corrected chi connectivity index (χ3v) is 2.93. The highest BCUT2D eigenvalue weighted by atomic mass is 79.9. The number of aromatic nitrogens is 1. The van der Waals surface area contributed by atoms with Gasteiger partial charge in [0.25, 0.3) is 0 Å². The summed E-state index contributed by atoms with van der Waals surface area (Å²) < 4.78 is 0.750. The maximum Gasteiger partial charge on any atom is 0.320 e. The summed E-state index contributed by atoms with van der Waals surface area (Å²) in [5.74, 6) is 0.503. The van der Waals surface area contributed by atoms with Gasteiger partial charge in [0, 0.05) is 12.7 Å². The molecule has 2 rings (SSSR count). The number of hydrogen-bond donors (Lipinski definition) is 2. The van der Waals surface area contributed by atoms with E-state index in [-0.39, 0.29) is 6.03 Å². The molecule has 0 fully saturated rings. The molecule has 0 atom stereocenters. The smallest absolute Gasteiger partial charge is 0.320 e. The van der Waals surface area contributed by atoms with Crippen molar-refractivity contribution >= 4 is 27.8 Å². The lowest BCUT2D eigenvalue weighted by Crippen LogP contribution is -2.28. The van der Waals surface area contributed by atoms with Crippen LogP contribution in [0, 0.1) is 0 Å². The zero-order valence-corrected chi connectivity index (χ0v) is 11.1. The summed E-state index contributed by atoms with van der Waals surface area (Å²) >= 11 is 3.32. The standard InChI is InChI=1S/C13H12BrN3O/c14-11-7-4-8-15-12(11)17-13(18)16-9-10-5-2-1-3-6-10/h1-8H,9H2,(H2,15,16,17,18). The lowest BCUT2D eigenvalue weighted by atomic mass is 10.2. The van der Waals surface area contributed by atoms with Crippen LogP contribution in [-0.4, -0.2) is 11.0 Å². The van der Waals surface area contributed by atoms with Crippen molar-refractivity contribution in [1.29, 1.82) is 0 Å². The SMILES string of the molecule is O=C(NCc1ccccc1)Nc1ncccc1Br. The Morgan fingerprint density at radius 2 is 1.94 bits per heavy atom. The molecule has 0 saturated carbocycles. The summed E-state index contributed by atoms with van der Waals surface area (Å²) in [6.45, 7) is 0.483. The van der Waals surface area contributed by atoms with Gasteiger partial charge in [-0.3, -0.25) is 5.32 Å². The molecular weight excluding hydrogens is 294 g/mol. The number of pyridine rings is 1. The van der Waals surface area contributed by atoms with Crippen molar-refractivity contribution < 1.29 is 4.79 Å². The average molecular weight is 306 g/mol. The quantitative estimate of drug-likeness (QED) is 0.915. The third kappa shape index (κ3) is 3.56. The largest absolute Gasteiger partial charge is 0.334 e. The Kier molecular flexibility index (Phi) is 4.30. The van der Waals surface area contributed by atoms with Crippen molar-refractivity contribution in [3.63, 3.8) is 0 Å². The van der Waals surface area contributed by atoms with Gasteiger partial charge in [0.15, 0.2) is 0 Å². The second kappa shape index (κ2) is 6.16. The highest BCUT2D eigenvalue weighted by Crippen LogP contribution is 2.17. The van der Waals surface area contributed by atoms with Crippen molar-refractivity contribution in [3.05, 3.63) is 58.7 Å². The van der Waals surface area contributed by atoms with Crippen LogP contribution in [-0.2, 0) is 6.54 Å². The Hall–Kier alpha value is -1.88. The predicted octanol–water partition coefficient (Wildman–Crippen LogP) is 3.17. The number of rotatable bonds is 3. The summed E-state index contributed by atoms with van der Waals surface area (Å²) in [7, 11) is 0. The van der Waals surface area contributed by atoms with E-state index in [4.69, 9.17) is 0 Å². The molecule has 0 saturated heterocycles. The number of carbonyl (C=O) groups is 1. The van der Waals surface area contributed by atoms with Gasteiger partial charge in [0.2, 0.25) is 0 Å². The summed E-state index contributed by atoms with van der Waals surface area (Å²) in [6.07, 6.45) is 1.62. The highest BCUT2D eigenvalue weighted by molar-refractivity contribution is 9.10. The van der Waals surface area contributed by atoms with Gasteiger partial charge in [0.1, 0.15) is 5.82 Å². The van der Waals surface area contributed by atoms with Crippen LogP contribution in [0.4, 0.5) is 10.6 Å². The summed E-state index contributed by atoms with van der Waals surface area (Å²) in [5, 5.41) is 5.44. The number of nitrogens with zero attached hydrogens (tertiary/aromatic N) is 1. The first-order valence-corrected chi connectivity index (χ1v) is 6.24. The molecule has 92 valence electrons. The Bertz CT molecular complexity index is 531. The van der Waals surface area contributed by atoms with Crippen molar-refractivity contribution in [3.8, 4) is 0 Å². The second-order valence-electron chi connectivity index (χ2n) is 3.63. The number of hydrogen-bond acceptors (Lipinski definition) is 2. The minimum absolute atomic E-state index is 0.279. The van der Waals surface area contributed by atoms with Crippen LogP contribution in [0.1, 0.15) is 5.56 Å². The topological polar surface area (TPSA) is 54.0 Å². The van der Waals surface area contributed by atoms with Crippen molar-refractivity contribution in [2.24, 2.45) is 0 Å². The first kappa shape index (κ1) is 12.6. The Labute approximate surface area is 114 Å². The number of amides is 2. The number of anilines is 1. The van der Waals surface area contributed by atoms with Gasteiger partial charge in [-0.25, -0.2) is 9.78 Å². The molecule has 18 heavy (non-hydrogen) atoms. The van der Waals surface area contributed by atoms with Crippen LogP contribution in [0.2, 0.25) is 0 Å². The zero-order valence-electron chi connectivity index (χ0n) is 9.56. The fourth-order valence-electron chi connectivity index (χ4n) is 1.41. The van der Waals surface area contributed by atoms with Crippen LogP contribution >= 0.6 is 15.9 Å². The molecule has 2 aromatic rings. The second-order valence-corrected chi connectivity index (χ2v) is 4.48. The number of nitrogens with one attached hydrogen (secondary N) is 2. The van der Waals surface area contributed by atoms with E-state index in [0.717, 1.165) is 10.0 Å². The molecule has 1 aromatic carbocycles. The van der Waals surface area contributed by atoms with Gasteiger partial charge < -0.3 is 5.32 Å². The molecule has 4 nitrogen and oxygen atoms in total. The first-order valence-electron chi connectivity index (χ1n) is 5.45. The molecule has 0 aliphatic rings. The van der Waals surface area contributed by atoms with E-state index in [2.05, 4.69) is 31.5 Å². The molecule has 0 unspecified atom stereocenters. The molecule has 0 aliphatic carbocycles. The Morgan fingerprint density at radius 1 is 1.17 bits per heavy atom. The molecule has 1 heterocycles. The number of urea groups is 1. The molecule has 0 aliphatic heterocycles. The van der Waals surface area contributed by atoms with Crippen molar-refractivity contribution in [2.45, 2.75) is 6.54 Å². The first-order chi connectivity index (χ1) is 8.75. The lowest BCUT2D eigenvalue weighted by molar-refractivity contribution is 0.251. The van der Waals surface area contributed by atoms with E-state index in [9.17, 15) is 4.79 Å². The molecule has 1 aromatic heterocycles. The maximum atomic E-state index is 11.7. The molecule has 0 bridgehead atoms. The fraction of sp³-hybridized carbons (Fsp3) is 0.0769. The van der Waals surface area contributed by atoms with Crippen LogP contribution in [0.25, 0.3) is 0 Å². The summed E-state index contributed by atoms with van der Waals surface area (Å²) in [6, 6.07) is 13.0. The van der Waals surface area contributed by atoms with Crippen LogP contribution < -0.4 is 10.6 Å². The molecule has 2 N–H and O–H groups in total. The van der Waals surface area contributed by atoms with Gasteiger partial charge in [-0.2, -0.15) is 0 Å². The van der Waals surface area contributed by atoms with Gasteiger partial charge in [-0.1, -0.05) is 30.3 Å². The van der Waals surface area contributed by atoms with Crippen molar-refractivity contribution in [2.75, 3.05) is 5.32 Å². The minimum Gasteiger partial charge on any atom is -0.334 e. The number of benzene rings is 1. The van der Waals surface area contributed by atoms with Crippen LogP contribution in [0.3, 0.4) is 0 Å². The van der Waals surface area contributed by atoms with Crippen LogP contribution in [0.15, 0.2) is 53.1 Å². The average Bonchev–Trinajstić information content (AvgIpc) is 2.40. The maximum absolute atomic E-state index is 11.7. The third-order valence-electron chi connectivity index (χ3n) is 2.29. The fourth-order valence-corrected chi connectivity index (χ4v) is 1.76. The van der Waals surface area contributed by atoms with E-state index in [1.807, 2.05) is 36.4 Å². The summed E-state index contributed by atoms with van der Waals surface area (Å²) in [5.41, 5.74) is 1.05. The molecule has 5 heteroatoms. The highest BCUT2D eigenvalue weighted by Gasteiger charge is 2.05. The predicted molar refractivity (Wildman–Crippen MR) is 74.2 cm³/mol. The minimum atomic E-state index is -0.279. The number of halogens is 1. The number of carbonyl (C=O) groups excluding carboxylic acids is 1. The molecule has 0 radical (unpaired) electrons. The van der Waals surface area contributed by atoms with Gasteiger partial charge >= 0.3 is 6.03 Å². The van der Waals surface area contributed by atoms with E-state index in [0.29, 0.717) is 12.4 Å². The van der Waals surface area contributed by atoms with Gasteiger partial charge in [-0.15, -0.1) is 0 Å².